The summed E-state index contributed by atoms with van der Waals surface area (Å²) in [7, 11) is 0. The Morgan fingerprint density at radius 3 is 3.00 bits per heavy atom. The average Bonchev–Trinajstić information content (AvgIpc) is 2.88. The van der Waals surface area contributed by atoms with Crippen molar-refractivity contribution in [3.05, 3.63) is 44.6 Å². The minimum absolute atomic E-state index is 0.265. The Hall–Kier alpha value is -2.15. The van der Waals surface area contributed by atoms with Crippen molar-refractivity contribution in [2.24, 2.45) is 0 Å². The van der Waals surface area contributed by atoms with Crippen molar-refractivity contribution in [2.45, 2.75) is 19.4 Å². The van der Waals surface area contributed by atoms with Gasteiger partial charge in [0.15, 0.2) is 6.04 Å². The van der Waals surface area contributed by atoms with Gasteiger partial charge < -0.3 is 15.4 Å². The number of thiophene rings is 1. The third-order valence-corrected chi connectivity index (χ3v) is 3.43. The van der Waals surface area contributed by atoms with E-state index in [1.165, 1.54) is 17.4 Å². The van der Waals surface area contributed by atoms with Gasteiger partial charge in [-0.1, -0.05) is 13.0 Å². The van der Waals surface area contributed by atoms with Gasteiger partial charge in [-0.3, -0.25) is 4.79 Å². The van der Waals surface area contributed by atoms with Crippen LogP contribution in [0.2, 0.25) is 0 Å². The Kier molecular flexibility index (Phi) is 3.96. The molecule has 0 aliphatic heterocycles. The van der Waals surface area contributed by atoms with Crippen molar-refractivity contribution >= 4 is 23.1 Å². The molecule has 1 atom stereocenters. The van der Waals surface area contributed by atoms with Crippen LogP contribution in [0.5, 0.6) is 0 Å². The van der Waals surface area contributed by atoms with Crippen LogP contribution >= 0.6 is 11.3 Å². The molecule has 0 saturated heterocycles. The molecule has 0 fully saturated rings. The molecule has 0 bridgehead atoms. The van der Waals surface area contributed by atoms with Crippen LogP contribution < -0.4 is 10.9 Å². The second kappa shape index (κ2) is 5.66. The predicted octanol–water partition coefficient (Wildman–Crippen LogP) is 1.63. The first kappa shape index (κ1) is 13.3. The maximum atomic E-state index is 11.4. The fraction of sp³-hybridized carbons (Fsp3) is 0.250. The highest BCUT2D eigenvalue weighted by Crippen LogP contribution is 2.22. The van der Waals surface area contributed by atoms with Crippen LogP contribution in [-0.4, -0.2) is 21.0 Å². The van der Waals surface area contributed by atoms with Gasteiger partial charge in [0.1, 0.15) is 11.6 Å². The first-order valence-electron chi connectivity index (χ1n) is 5.73. The van der Waals surface area contributed by atoms with Gasteiger partial charge in [-0.05, 0) is 11.4 Å². The van der Waals surface area contributed by atoms with Crippen molar-refractivity contribution < 1.29 is 9.90 Å². The number of hydrogen-bond donors (Lipinski definition) is 3. The molecule has 0 saturated carbocycles. The van der Waals surface area contributed by atoms with E-state index in [1.54, 1.807) is 17.5 Å². The van der Waals surface area contributed by atoms with E-state index in [0.717, 1.165) is 0 Å². The maximum Gasteiger partial charge on any atom is 0.331 e. The van der Waals surface area contributed by atoms with E-state index in [2.05, 4.69) is 15.3 Å². The van der Waals surface area contributed by atoms with E-state index < -0.39 is 12.0 Å². The molecule has 0 aromatic carbocycles. The van der Waals surface area contributed by atoms with Gasteiger partial charge in [-0.25, -0.2) is 9.78 Å². The highest BCUT2D eigenvalue weighted by atomic mass is 32.1. The molecule has 6 nitrogen and oxygen atoms in total. The number of carboxylic acid groups (broad SMARTS) is 1. The van der Waals surface area contributed by atoms with Crippen LogP contribution in [0, 0.1) is 0 Å². The molecular formula is C12H13N3O3S. The summed E-state index contributed by atoms with van der Waals surface area (Å²) in [5.41, 5.74) is -0.301. The van der Waals surface area contributed by atoms with Gasteiger partial charge in [0, 0.05) is 17.4 Å². The molecule has 0 amide bonds. The van der Waals surface area contributed by atoms with Crippen LogP contribution in [0.4, 0.5) is 5.82 Å². The second-order valence-corrected chi connectivity index (χ2v) is 4.84. The zero-order valence-electron chi connectivity index (χ0n) is 10.2. The van der Waals surface area contributed by atoms with Crippen molar-refractivity contribution in [2.75, 3.05) is 5.32 Å². The lowest BCUT2D eigenvalue weighted by Gasteiger charge is -2.13. The van der Waals surface area contributed by atoms with E-state index >= 15 is 0 Å². The molecule has 2 heterocycles. The van der Waals surface area contributed by atoms with Gasteiger partial charge in [-0.2, -0.15) is 0 Å². The largest absolute Gasteiger partial charge is 0.479 e. The standard InChI is InChI=1S/C12H13N3O3S/c1-2-8-13-9(6-10(16)14-8)15-11(12(17)18)7-4-3-5-19-7/h3-6,11H,2H2,1H3,(H,17,18)(H2,13,14,15,16). The fourth-order valence-electron chi connectivity index (χ4n) is 1.61. The van der Waals surface area contributed by atoms with Crippen LogP contribution in [0.25, 0.3) is 0 Å². The number of anilines is 1. The molecule has 2 rings (SSSR count). The summed E-state index contributed by atoms with van der Waals surface area (Å²) in [6.45, 7) is 1.86. The minimum Gasteiger partial charge on any atom is -0.479 e. The molecule has 0 aliphatic rings. The van der Waals surface area contributed by atoms with Crippen molar-refractivity contribution in [1.82, 2.24) is 9.97 Å². The van der Waals surface area contributed by atoms with Gasteiger partial charge in [0.25, 0.3) is 5.56 Å². The summed E-state index contributed by atoms with van der Waals surface area (Å²) < 4.78 is 0. The van der Waals surface area contributed by atoms with Crippen molar-refractivity contribution in [3.63, 3.8) is 0 Å². The van der Waals surface area contributed by atoms with Crippen LogP contribution in [0.3, 0.4) is 0 Å². The lowest BCUT2D eigenvalue weighted by molar-refractivity contribution is -0.138. The van der Waals surface area contributed by atoms with Gasteiger partial charge in [-0.15, -0.1) is 11.3 Å². The Morgan fingerprint density at radius 1 is 1.63 bits per heavy atom. The molecule has 0 spiro atoms. The summed E-state index contributed by atoms with van der Waals surface area (Å²) in [6, 6.07) is 3.85. The average molecular weight is 279 g/mol. The Labute approximate surface area is 113 Å². The van der Waals surface area contributed by atoms with E-state index in [4.69, 9.17) is 0 Å². The summed E-state index contributed by atoms with van der Waals surface area (Å²) in [6.07, 6.45) is 0.571. The lowest BCUT2D eigenvalue weighted by Crippen LogP contribution is -2.22. The molecule has 19 heavy (non-hydrogen) atoms. The summed E-state index contributed by atoms with van der Waals surface area (Å²) in [5, 5.41) is 13.8. The number of carbonyl (C=O) groups is 1. The third kappa shape index (κ3) is 3.19. The Bertz CT molecular complexity index is 621. The highest BCUT2D eigenvalue weighted by molar-refractivity contribution is 7.10. The summed E-state index contributed by atoms with van der Waals surface area (Å²) >= 11 is 1.34. The molecule has 0 radical (unpaired) electrons. The first-order chi connectivity index (χ1) is 9.10. The number of carboxylic acids is 1. The molecule has 7 heteroatoms. The number of aromatic nitrogens is 2. The highest BCUT2D eigenvalue weighted by Gasteiger charge is 2.21. The van der Waals surface area contributed by atoms with Gasteiger partial charge >= 0.3 is 5.97 Å². The number of aryl methyl sites for hydroxylation is 1. The van der Waals surface area contributed by atoms with Gasteiger partial charge in [0.05, 0.1) is 0 Å². The van der Waals surface area contributed by atoms with E-state index in [9.17, 15) is 14.7 Å². The van der Waals surface area contributed by atoms with E-state index in [-0.39, 0.29) is 11.4 Å². The molecule has 0 aliphatic carbocycles. The predicted molar refractivity (Wildman–Crippen MR) is 72.6 cm³/mol. The number of rotatable bonds is 5. The smallest absolute Gasteiger partial charge is 0.331 e. The number of H-pyrrole nitrogens is 1. The number of hydrogen-bond acceptors (Lipinski definition) is 5. The zero-order chi connectivity index (χ0) is 13.8. The normalized spacial score (nSPS) is 12.1. The SMILES string of the molecule is CCc1nc(NC(C(=O)O)c2cccs2)cc(=O)[nH]1. The molecular weight excluding hydrogens is 266 g/mol. The van der Waals surface area contributed by atoms with Crippen LogP contribution in [0.1, 0.15) is 23.7 Å². The van der Waals surface area contributed by atoms with Crippen LogP contribution in [0.15, 0.2) is 28.4 Å². The lowest BCUT2D eigenvalue weighted by atomic mass is 10.2. The number of aliphatic carboxylic acids is 1. The Balaban J connectivity index is 2.30. The summed E-state index contributed by atoms with van der Waals surface area (Å²) in [4.78, 5) is 30.1. The molecule has 1 unspecified atom stereocenters. The molecule has 3 N–H and O–H groups in total. The topological polar surface area (TPSA) is 95.1 Å². The maximum absolute atomic E-state index is 11.4. The van der Waals surface area contributed by atoms with Crippen molar-refractivity contribution in [1.29, 1.82) is 0 Å². The zero-order valence-corrected chi connectivity index (χ0v) is 11.0. The first-order valence-corrected chi connectivity index (χ1v) is 6.61. The molecule has 2 aromatic heterocycles. The van der Waals surface area contributed by atoms with Crippen LogP contribution in [-0.2, 0) is 11.2 Å². The second-order valence-electron chi connectivity index (χ2n) is 3.86. The Morgan fingerprint density at radius 2 is 2.42 bits per heavy atom. The third-order valence-electron chi connectivity index (χ3n) is 2.49. The number of nitrogens with zero attached hydrogens (tertiary/aromatic N) is 1. The molecule has 100 valence electrons. The number of aromatic amines is 1. The van der Waals surface area contributed by atoms with E-state index in [1.807, 2.05) is 6.92 Å². The monoisotopic (exact) mass is 279 g/mol. The van der Waals surface area contributed by atoms with Crippen molar-refractivity contribution in [3.8, 4) is 0 Å². The fourth-order valence-corrected chi connectivity index (χ4v) is 2.37. The summed E-state index contributed by atoms with van der Waals surface area (Å²) in [5.74, 6) is -0.228. The minimum atomic E-state index is -1.01. The number of nitrogens with one attached hydrogen (secondary N) is 2. The molecule has 2 aromatic rings. The van der Waals surface area contributed by atoms with E-state index in [0.29, 0.717) is 17.1 Å². The van der Waals surface area contributed by atoms with Gasteiger partial charge in [0.2, 0.25) is 0 Å². The quantitative estimate of drug-likeness (QED) is 0.773.